The third-order valence-corrected chi connectivity index (χ3v) is 3.55. The van der Waals surface area contributed by atoms with Crippen LogP contribution in [0.2, 0.25) is 0 Å². The summed E-state index contributed by atoms with van der Waals surface area (Å²) in [6.07, 6.45) is 17.0. The van der Waals surface area contributed by atoms with Gasteiger partial charge in [0.1, 0.15) is 5.75 Å². The maximum Gasteiger partial charge on any atom is 0.118 e. The van der Waals surface area contributed by atoms with Crippen LogP contribution in [-0.2, 0) is 0 Å². The molecule has 0 heterocycles. The molecule has 0 saturated carbocycles. The molecule has 1 aromatic carbocycles. The van der Waals surface area contributed by atoms with Gasteiger partial charge in [-0.05, 0) is 55.1 Å². The van der Waals surface area contributed by atoms with Gasteiger partial charge in [0, 0.05) is 18.0 Å². The zero-order valence-corrected chi connectivity index (χ0v) is 16.7. The zero-order chi connectivity index (χ0) is 19.4. The summed E-state index contributed by atoms with van der Waals surface area (Å²) in [6.45, 7) is 11.3. The Kier molecular flexibility index (Phi) is 24.3. The van der Waals surface area contributed by atoms with Gasteiger partial charge < -0.3 is 10.5 Å². The molecule has 0 saturated heterocycles. The zero-order valence-electron chi connectivity index (χ0n) is 15.9. The fraction of sp³-hybridized carbons (Fsp3) is 0.500. The van der Waals surface area contributed by atoms with Crippen LogP contribution in [-0.4, -0.2) is 31.0 Å². The molecule has 24 heavy (non-hydrogen) atoms. The quantitative estimate of drug-likeness (QED) is 0.552. The van der Waals surface area contributed by atoms with Gasteiger partial charge in [0.15, 0.2) is 0 Å². The highest BCUT2D eigenvalue weighted by Crippen LogP contribution is 2.25. The third-order valence-electron chi connectivity index (χ3n) is 2.47. The second-order valence-corrected chi connectivity index (χ2v) is 5.86. The van der Waals surface area contributed by atoms with E-state index in [0.29, 0.717) is 5.92 Å². The second-order valence-electron chi connectivity index (χ2n) is 4.69. The van der Waals surface area contributed by atoms with Crippen molar-refractivity contribution in [3.63, 3.8) is 0 Å². The number of ether oxygens (including phenoxy) is 1. The first-order valence-corrected chi connectivity index (χ1v) is 8.86. The first-order chi connectivity index (χ1) is 11.7. The van der Waals surface area contributed by atoms with Crippen molar-refractivity contribution in [2.45, 2.75) is 39.0 Å². The molecule has 0 atom stereocenters. The Morgan fingerprint density at radius 3 is 1.96 bits per heavy atom. The van der Waals surface area contributed by atoms with Crippen LogP contribution in [0.25, 0.3) is 0 Å². The molecule has 0 aromatic heterocycles. The Morgan fingerprint density at radius 2 is 1.58 bits per heavy atom. The minimum atomic E-state index is 0.661. The van der Waals surface area contributed by atoms with Gasteiger partial charge in [0.05, 0.1) is 7.11 Å². The molecular weight excluding hydrogens is 316 g/mol. The standard InChI is InChI=1S/C14H24N2OS.C2H6.2C2H2/c1-12(2)11-16(10-4-9-15)18-14-7-5-13(17-3)6-8-14;3*1-2/h5-8,12H,4,9-11,15H2,1-3H3;1-2H3;2*1-2H. The van der Waals surface area contributed by atoms with Crippen molar-refractivity contribution in [3.05, 3.63) is 24.3 Å². The Labute approximate surface area is 154 Å². The number of nitrogens with zero attached hydrogens (tertiary/aromatic N) is 1. The van der Waals surface area contributed by atoms with Crippen molar-refractivity contribution in [1.82, 2.24) is 4.31 Å². The van der Waals surface area contributed by atoms with E-state index in [2.05, 4.69) is 56.0 Å². The van der Waals surface area contributed by atoms with Crippen LogP contribution in [0.4, 0.5) is 0 Å². The van der Waals surface area contributed by atoms with Gasteiger partial charge in [-0.25, -0.2) is 4.31 Å². The van der Waals surface area contributed by atoms with E-state index in [1.54, 1.807) is 19.1 Å². The Morgan fingerprint density at radius 1 is 1.08 bits per heavy atom. The molecule has 0 aliphatic heterocycles. The van der Waals surface area contributed by atoms with Gasteiger partial charge in [0.25, 0.3) is 0 Å². The van der Waals surface area contributed by atoms with Crippen molar-refractivity contribution in [2.75, 3.05) is 26.7 Å². The van der Waals surface area contributed by atoms with E-state index in [4.69, 9.17) is 10.5 Å². The van der Waals surface area contributed by atoms with Crippen molar-refractivity contribution in [2.24, 2.45) is 11.7 Å². The molecular formula is C20H34N2OS. The normalized spacial score (nSPS) is 8.83. The predicted molar refractivity (Wildman–Crippen MR) is 110 cm³/mol. The minimum absolute atomic E-state index is 0.661. The maximum absolute atomic E-state index is 5.59. The molecule has 0 radical (unpaired) electrons. The van der Waals surface area contributed by atoms with E-state index in [1.807, 2.05) is 26.0 Å². The number of hydrogen-bond donors (Lipinski definition) is 1. The first-order valence-electron chi connectivity index (χ1n) is 8.09. The van der Waals surface area contributed by atoms with Crippen molar-refractivity contribution in [3.8, 4) is 31.4 Å². The number of methoxy groups -OCH3 is 1. The molecule has 0 bridgehead atoms. The number of benzene rings is 1. The summed E-state index contributed by atoms with van der Waals surface area (Å²) in [7, 11) is 1.69. The summed E-state index contributed by atoms with van der Waals surface area (Å²) in [6, 6.07) is 8.19. The van der Waals surface area contributed by atoms with Crippen LogP contribution < -0.4 is 10.5 Å². The Bertz CT molecular complexity index is 393. The van der Waals surface area contributed by atoms with Gasteiger partial charge >= 0.3 is 0 Å². The van der Waals surface area contributed by atoms with Crippen LogP contribution >= 0.6 is 11.9 Å². The lowest BCUT2D eigenvalue weighted by atomic mass is 10.2. The largest absolute Gasteiger partial charge is 0.497 e. The molecule has 3 nitrogen and oxygen atoms in total. The predicted octanol–water partition coefficient (Wildman–Crippen LogP) is 4.53. The van der Waals surface area contributed by atoms with E-state index in [1.165, 1.54) is 4.90 Å². The van der Waals surface area contributed by atoms with E-state index in [-0.39, 0.29) is 0 Å². The maximum atomic E-state index is 5.59. The topological polar surface area (TPSA) is 38.5 Å². The minimum Gasteiger partial charge on any atom is -0.497 e. The number of nitrogens with two attached hydrogens (primary N) is 1. The van der Waals surface area contributed by atoms with Crippen LogP contribution in [0.3, 0.4) is 0 Å². The highest BCUT2D eigenvalue weighted by atomic mass is 32.2. The van der Waals surface area contributed by atoms with Crippen molar-refractivity contribution >= 4 is 11.9 Å². The molecule has 2 N–H and O–H groups in total. The summed E-state index contributed by atoms with van der Waals surface area (Å²) in [4.78, 5) is 1.24. The van der Waals surface area contributed by atoms with Gasteiger partial charge in [-0.3, -0.25) is 0 Å². The summed E-state index contributed by atoms with van der Waals surface area (Å²) < 4.78 is 7.55. The Hall–Kier alpha value is -1.59. The van der Waals surface area contributed by atoms with E-state index in [0.717, 1.165) is 31.8 Å². The summed E-state index contributed by atoms with van der Waals surface area (Å²) in [5.41, 5.74) is 5.59. The summed E-state index contributed by atoms with van der Waals surface area (Å²) in [5, 5.41) is 0. The van der Waals surface area contributed by atoms with Crippen LogP contribution in [0.5, 0.6) is 5.75 Å². The average Bonchev–Trinajstić information content (AvgIpc) is 2.65. The molecule has 136 valence electrons. The molecule has 1 aromatic rings. The molecule has 0 amide bonds. The van der Waals surface area contributed by atoms with E-state index < -0.39 is 0 Å². The number of hydrogen-bond acceptors (Lipinski definition) is 4. The fourth-order valence-electron chi connectivity index (χ4n) is 1.63. The molecule has 0 aliphatic rings. The average molecular weight is 351 g/mol. The number of rotatable bonds is 8. The SMILES string of the molecule is C#C.C#C.CC.COc1ccc(SN(CCCN)CC(C)C)cc1. The number of terminal acetylenes is 2. The smallest absolute Gasteiger partial charge is 0.118 e. The summed E-state index contributed by atoms with van der Waals surface area (Å²) >= 11 is 1.80. The summed E-state index contributed by atoms with van der Waals surface area (Å²) in [5.74, 6) is 1.56. The molecule has 4 heteroatoms. The first kappa shape index (κ1) is 27.3. The lowest BCUT2D eigenvalue weighted by Crippen LogP contribution is -2.23. The van der Waals surface area contributed by atoms with Crippen LogP contribution in [0.15, 0.2) is 29.2 Å². The highest BCUT2D eigenvalue weighted by molar-refractivity contribution is 7.97. The highest BCUT2D eigenvalue weighted by Gasteiger charge is 2.09. The van der Waals surface area contributed by atoms with Gasteiger partial charge in [-0.2, -0.15) is 0 Å². The molecule has 0 fully saturated rings. The van der Waals surface area contributed by atoms with Gasteiger partial charge in [-0.1, -0.05) is 27.7 Å². The van der Waals surface area contributed by atoms with Gasteiger partial charge in [-0.15, -0.1) is 25.7 Å². The molecule has 0 aliphatic carbocycles. The lowest BCUT2D eigenvalue weighted by molar-refractivity contribution is 0.402. The van der Waals surface area contributed by atoms with Crippen LogP contribution in [0.1, 0.15) is 34.1 Å². The second kappa shape index (κ2) is 21.4. The van der Waals surface area contributed by atoms with Crippen molar-refractivity contribution in [1.29, 1.82) is 0 Å². The molecule has 0 spiro atoms. The molecule has 1 rings (SSSR count). The van der Waals surface area contributed by atoms with Crippen molar-refractivity contribution < 1.29 is 4.74 Å². The fourth-order valence-corrected chi connectivity index (χ4v) is 2.78. The lowest BCUT2D eigenvalue weighted by Gasteiger charge is -2.22. The Balaban J connectivity index is -0.000000659. The molecule has 0 unspecified atom stereocenters. The third kappa shape index (κ3) is 15.3. The van der Waals surface area contributed by atoms with E-state index >= 15 is 0 Å². The monoisotopic (exact) mass is 350 g/mol. The van der Waals surface area contributed by atoms with E-state index in [9.17, 15) is 0 Å². The van der Waals surface area contributed by atoms with Gasteiger partial charge in [0.2, 0.25) is 0 Å². The van der Waals surface area contributed by atoms with Crippen LogP contribution in [0, 0.1) is 31.6 Å².